The Morgan fingerprint density at radius 2 is 2.11 bits per heavy atom. The lowest BCUT2D eigenvalue weighted by Gasteiger charge is -2.27. The molecule has 2 atom stereocenters. The molecule has 0 bridgehead atoms. The molecule has 98 valence electrons. The predicted molar refractivity (Wildman–Crippen MR) is 69.7 cm³/mol. The van der Waals surface area contributed by atoms with Gasteiger partial charge in [-0.2, -0.15) is 5.26 Å². The molecule has 3 N–H and O–H groups in total. The molecule has 1 amide bonds. The van der Waals surface area contributed by atoms with Crippen LogP contribution in [0.15, 0.2) is 11.9 Å². The molecule has 5 heteroatoms. The standard InChI is InChI=1S/C13H20N4O/c1-9-5-3-4-6-10(9)13(18)17-12(8-16-2)11(15)7-14/h8-10,15-16H,3-6H2,1-2H3,(H,17,18)/b12-8+,15-11?. The van der Waals surface area contributed by atoms with Crippen LogP contribution in [0.2, 0.25) is 0 Å². The number of nitrogens with one attached hydrogen (secondary N) is 3. The van der Waals surface area contributed by atoms with Gasteiger partial charge in [-0.1, -0.05) is 19.8 Å². The van der Waals surface area contributed by atoms with Gasteiger partial charge >= 0.3 is 0 Å². The van der Waals surface area contributed by atoms with Crippen LogP contribution in [-0.2, 0) is 4.79 Å². The molecule has 1 saturated carbocycles. The number of amides is 1. The maximum Gasteiger partial charge on any atom is 0.227 e. The minimum absolute atomic E-state index is 0.00880. The van der Waals surface area contributed by atoms with E-state index in [0.29, 0.717) is 5.92 Å². The Balaban J connectivity index is 2.70. The van der Waals surface area contributed by atoms with Gasteiger partial charge in [-0.3, -0.25) is 10.2 Å². The number of carbonyl (C=O) groups excluding carboxylic acids is 1. The van der Waals surface area contributed by atoms with Crippen molar-refractivity contribution in [2.45, 2.75) is 32.6 Å². The summed E-state index contributed by atoms with van der Waals surface area (Å²) in [6, 6.07) is 1.73. The fourth-order valence-corrected chi connectivity index (χ4v) is 2.31. The summed E-state index contributed by atoms with van der Waals surface area (Å²) in [5, 5.41) is 21.6. The Labute approximate surface area is 108 Å². The highest BCUT2D eigenvalue weighted by atomic mass is 16.1. The van der Waals surface area contributed by atoms with E-state index in [1.165, 1.54) is 12.6 Å². The van der Waals surface area contributed by atoms with E-state index in [2.05, 4.69) is 17.6 Å². The first kappa shape index (κ1) is 14.2. The first-order valence-electron chi connectivity index (χ1n) is 6.27. The summed E-state index contributed by atoms with van der Waals surface area (Å²) in [7, 11) is 1.67. The van der Waals surface area contributed by atoms with Crippen molar-refractivity contribution in [3.8, 4) is 6.07 Å². The van der Waals surface area contributed by atoms with E-state index in [1.54, 1.807) is 13.1 Å². The van der Waals surface area contributed by atoms with Crippen molar-refractivity contribution in [1.82, 2.24) is 10.6 Å². The average molecular weight is 248 g/mol. The normalized spacial score (nSPS) is 23.9. The first-order valence-corrected chi connectivity index (χ1v) is 6.27. The Kier molecular flexibility index (Phi) is 5.37. The highest BCUT2D eigenvalue weighted by Crippen LogP contribution is 2.29. The minimum Gasteiger partial charge on any atom is -0.392 e. The average Bonchev–Trinajstić information content (AvgIpc) is 2.37. The van der Waals surface area contributed by atoms with E-state index in [0.717, 1.165) is 19.3 Å². The minimum atomic E-state index is -0.235. The molecule has 0 radical (unpaired) electrons. The topological polar surface area (TPSA) is 88.8 Å². The van der Waals surface area contributed by atoms with Gasteiger partial charge in [0.05, 0.1) is 5.70 Å². The summed E-state index contributed by atoms with van der Waals surface area (Å²) in [4.78, 5) is 12.1. The second-order valence-corrected chi connectivity index (χ2v) is 4.69. The third-order valence-corrected chi connectivity index (χ3v) is 3.38. The molecule has 0 heterocycles. The van der Waals surface area contributed by atoms with Gasteiger partial charge in [-0.15, -0.1) is 0 Å². The number of hydrogen-bond acceptors (Lipinski definition) is 4. The van der Waals surface area contributed by atoms with Crippen LogP contribution in [0, 0.1) is 28.6 Å². The summed E-state index contributed by atoms with van der Waals surface area (Å²) < 4.78 is 0. The predicted octanol–water partition coefficient (Wildman–Crippen LogP) is 1.53. The van der Waals surface area contributed by atoms with Crippen LogP contribution in [0.5, 0.6) is 0 Å². The van der Waals surface area contributed by atoms with Gasteiger partial charge in [0.2, 0.25) is 5.91 Å². The molecule has 1 aliphatic carbocycles. The van der Waals surface area contributed by atoms with Crippen LogP contribution in [0.3, 0.4) is 0 Å². The van der Waals surface area contributed by atoms with Crippen LogP contribution < -0.4 is 10.6 Å². The van der Waals surface area contributed by atoms with Gasteiger partial charge in [0.25, 0.3) is 0 Å². The number of rotatable bonds is 4. The zero-order chi connectivity index (χ0) is 13.5. The van der Waals surface area contributed by atoms with Crippen molar-refractivity contribution in [2.24, 2.45) is 11.8 Å². The molecule has 5 nitrogen and oxygen atoms in total. The third kappa shape index (κ3) is 3.59. The molecular weight excluding hydrogens is 228 g/mol. The van der Waals surface area contributed by atoms with Crippen molar-refractivity contribution >= 4 is 11.6 Å². The van der Waals surface area contributed by atoms with Crippen LogP contribution in [0.25, 0.3) is 0 Å². The number of hydrogen-bond donors (Lipinski definition) is 3. The zero-order valence-corrected chi connectivity index (χ0v) is 10.9. The van der Waals surface area contributed by atoms with Crippen molar-refractivity contribution < 1.29 is 4.79 Å². The molecule has 0 aliphatic heterocycles. The molecule has 0 aromatic carbocycles. The maximum absolute atomic E-state index is 12.1. The summed E-state index contributed by atoms with van der Waals surface area (Å²) in [6.45, 7) is 2.08. The van der Waals surface area contributed by atoms with Crippen molar-refractivity contribution in [3.63, 3.8) is 0 Å². The van der Waals surface area contributed by atoms with Gasteiger partial charge < -0.3 is 10.6 Å². The summed E-state index contributed by atoms with van der Waals surface area (Å²) in [5.74, 6) is 0.278. The molecule has 2 unspecified atom stereocenters. The number of carbonyl (C=O) groups is 1. The van der Waals surface area contributed by atoms with Crippen molar-refractivity contribution in [3.05, 3.63) is 11.9 Å². The Morgan fingerprint density at radius 1 is 1.44 bits per heavy atom. The highest BCUT2D eigenvalue weighted by Gasteiger charge is 2.28. The molecule has 1 aliphatic rings. The zero-order valence-electron chi connectivity index (χ0n) is 10.9. The SMILES string of the molecule is CN/C=C(/NC(=O)C1CCCCC1C)C(=N)C#N. The summed E-state index contributed by atoms with van der Waals surface area (Å²) in [6.07, 6.45) is 5.68. The Morgan fingerprint density at radius 3 is 2.67 bits per heavy atom. The maximum atomic E-state index is 12.1. The van der Waals surface area contributed by atoms with E-state index in [1.807, 2.05) is 0 Å². The second kappa shape index (κ2) is 6.80. The van der Waals surface area contributed by atoms with E-state index < -0.39 is 0 Å². The van der Waals surface area contributed by atoms with Gasteiger partial charge in [0.15, 0.2) is 5.71 Å². The fourth-order valence-electron chi connectivity index (χ4n) is 2.31. The van der Waals surface area contributed by atoms with Gasteiger partial charge in [0, 0.05) is 19.2 Å². The van der Waals surface area contributed by atoms with Crippen molar-refractivity contribution in [2.75, 3.05) is 7.05 Å². The van der Waals surface area contributed by atoms with Crippen LogP contribution in [0.4, 0.5) is 0 Å². The van der Waals surface area contributed by atoms with Crippen LogP contribution >= 0.6 is 0 Å². The second-order valence-electron chi connectivity index (χ2n) is 4.69. The summed E-state index contributed by atoms with van der Waals surface area (Å²) in [5.41, 5.74) is 0.00364. The largest absolute Gasteiger partial charge is 0.392 e. The quantitative estimate of drug-likeness (QED) is 0.659. The molecule has 0 aromatic heterocycles. The first-order chi connectivity index (χ1) is 8.60. The molecule has 18 heavy (non-hydrogen) atoms. The van der Waals surface area contributed by atoms with E-state index in [9.17, 15) is 4.79 Å². The Hall–Kier alpha value is -1.83. The molecule has 1 fully saturated rings. The molecule has 0 aromatic rings. The number of allylic oxidation sites excluding steroid dienone is 1. The third-order valence-electron chi connectivity index (χ3n) is 3.38. The van der Waals surface area contributed by atoms with E-state index >= 15 is 0 Å². The molecular formula is C13H20N4O. The number of nitrogens with zero attached hydrogens (tertiary/aromatic N) is 1. The molecule has 0 saturated heterocycles. The monoisotopic (exact) mass is 248 g/mol. The molecule has 0 spiro atoms. The van der Waals surface area contributed by atoms with Gasteiger partial charge in [0.1, 0.15) is 6.07 Å². The lowest BCUT2D eigenvalue weighted by molar-refractivity contribution is -0.126. The van der Waals surface area contributed by atoms with Gasteiger partial charge in [-0.25, -0.2) is 0 Å². The lowest BCUT2D eigenvalue weighted by atomic mass is 9.80. The highest BCUT2D eigenvalue weighted by molar-refractivity contribution is 6.10. The Bertz CT molecular complexity index is 394. The number of nitriles is 1. The molecule has 1 rings (SSSR count). The van der Waals surface area contributed by atoms with E-state index in [4.69, 9.17) is 10.7 Å². The smallest absolute Gasteiger partial charge is 0.227 e. The van der Waals surface area contributed by atoms with Crippen LogP contribution in [0.1, 0.15) is 32.6 Å². The fraction of sp³-hybridized carbons (Fsp3) is 0.615. The van der Waals surface area contributed by atoms with Gasteiger partial charge in [-0.05, 0) is 18.8 Å². The van der Waals surface area contributed by atoms with Crippen molar-refractivity contribution in [1.29, 1.82) is 10.7 Å². The van der Waals surface area contributed by atoms with E-state index in [-0.39, 0.29) is 23.2 Å². The summed E-state index contributed by atoms with van der Waals surface area (Å²) >= 11 is 0. The lowest BCUT2D eigenvalue weighted by Crippen LogP contribution is -2.37. The van der Waals surface area contributed by atoms with Crippen LogP contribution in [-0.4, -0.2) is 18.7 Å².